The fourth-order valence-corrected chi connectivity index (χ4v) is 5.93. The Labute approximate surface area is 168 Å². The van der Waals surface area contributed by atoms with Gasteiger partial charge in [0, 0.05) is 25.7 Å². The van der Waals surface area contributed by atoms with Crippen molar-refractivity contribution in [1.82, 2.24) is 14.2 Å². The first-order valence-corrected chi connectivity index (χ1v) is 11.4. The van der Waals surface area contributed by atoms with Crippen LogP contribution >= 0.6 is 11.3 Å². The molecular formula is C20H21N3O3S2. The second-order valence-electron chi connectivity index (χ2n) is 6.88. The highest BCUT2D eigenvalue weighted by molar-refractivity contribution is 7.89. The van der Waals surface area contributed by atoms with Crippen molar-refractivity contribution in [2.45, 2.75) is 24.3 Å². The average Bonchev–Trinajstić information content (AvgIpc) is 3.37. The van der Waals surface area contributed by atoms with E-state index in [1.54, 1.807) is 41.5 Å². The highest BCUT2D eigenvalue weighted by atomic mass is 32.2. The van der Waals surface area contributed by atoms with Gasteiger partial charge in [-0.1, -0.05) is 18.2 Å². The number of hydrogen-bond acceptors (Lipinski definition) is 5. The van der Waals surface area contributed by atoms with Gasteiger partial charge in [0.25, 0.3) is 5.91 Å². The van der Waals surface area contributed by atoms with Crippen LogP contribution in [-0.4, -0.2) is 48.7 Å². The number of carbonyl (C=O) groups excluding carboxylic acids is 1. The molecule has 0 radical (unpaired) electrons. The van der Waals surface area contributed by atoms with E-state index in [4.69, 9.17) is 0 Å². The van der Waals surface area contributed by atoms with Crippen LogP contribution in [-0.2, 0) is 16.6 Å². The molecule has 0 aliphatic carbocycles. The number of amides is 1. The Hall–Kier alpha value is -2.29. The summed E-state index contributed by atoms with van der Waals surface area (Å²) in [6.07, 6.45) is 1.76. The van der Waals surface area contributed by atoms with Crippen molar-refractivity contribution < 1.29 is 13.2 Å². The molecule has 1 fully saturated rings. The summed E-state index contributed by atoms with van der Waals surface area (Å²) < 4.78 is 28.1. The minimum atomic E-state index is -3.54. The maximum absolute atomic E-state index is 12.9. The minimum absolute atomic E-state index is 0.175. The summed E-state index contributed by atoms with van der Waals surface area (Å²) >= 11 is 1.55. The van der Waals surface area contributed by atoms with Crippen molar-refractivity contribution in [3.8, 4) is 0 Å². The van der Waals surface area contributed by atoms with Crippen LogP contribution in [0.15, 0.2) is 53.4 Å². The third kappa shape index (κ3) is 3.67. The van der Waals surface area contributed by atoms with Crippen LogP contribution in [0.4, 0.5) is 0 Å². The predicted molar refractivity (Wildman–Crippen MR) is 110 cm³/mol. The van der Waals surface area contributed by atoms with Gasteiger partial charge in [-0.25, -0.2) is 13.4 Å². The molecule has 0 saturated carbocycles. The molecule has 0 N–H and O–H groups in total. The number of aromatic nitrogens is 1. The quantitative estimate of drug-likeness (QED) is 0.641. The van der Waals surface area contributed by atoms with Crippen molar-refractivity contribution in [3.05, 3.63) is 59.1 Å². The highest BCUT2D eigenvalue weighted by Crippen LogP contribution is 2.24. The Kier molecular flexibility index (Phi) is 5.18. The Morgan fingerprint density at radius 2 is 1.89 bits per heavy atom. The Bertz CT molecular complexity index is 1090. The number of fused-ring (bicyclic) bond motifs is 1. The summed E-state index contributed by atoms with van der Waals surface area (Å²) in [6, 6.07) is 14.2. The van der Waals surface area contributed by atoms with E-state index < -0.39 is 10.0 Å². The maximum Gasteiger partial charge on any atom is 0.254 e. The van der Waals surface area contributed by atoms with Crippen molar-refractivity contribution in [1.29, 1.82) is 0 Å². The number of rotatable bonds is 5. The van der Waals surface area contributed by atoms with E-state index in [0.29, 0.717) is 25.2 Å². The van der Waals surface area contributed by atoms with E-state index in [-0.39, 0.29) is 10.8 Å². The molecule has 146 valence electrons. The third-order valence-corrected chi connectivity index (χ3v) is 7.76. The first kappa shape index (κ1) is 19.0. The first-order chi connectivity index (χ1) is 13.4. The molecule has 0 spiro atoms. The van der Waals surface area contributed by atoms with Crippen LogP contribution in [0.25, 0.3) is 10.2 Å². The fourth-order valence-electron chi connectivity index (χ4n) is 3.35. The molecule has 1 amide bonds. The third-order valence-electron chi connectivity index (χ3n) is 4.84. The number of nitrogens with zero attached hydrogens (tertiary/aromatic N) is 3. The number of para-hydroxylation sites is 1. The summed E-state index contributed by atoms with van der Waals surface area (Å²) in [4.78, 5) is 19.2. The molecule has 2 heterocycles. The van der Waals surface area contributed by atoms with E-state index in [1.165, 1.54) is 10.4 Å². The lowest BCUT2D eigenvalue weighted by Crippen LogP contribution is -2.29. The second kappa shape index (κ2) is 7.62. The predicted octanol–water partition coefficient (Wildman–Crippen LogP) is 3.35. The summed E-state index contributed by atoms with van der Waals surface area (Å²) in [5, 5.41) is 0.845. The number of thiazole rings is 1. The molecule has 0 atom stereocenters. The largest absolute Gasteiger partial charge is 0.335 e. The van der Waals surface area contributed by atoms with Crippen molar-refractivity contribution in [3.63, 3.8) is 0 Å². The number of carbonyl (C=O) groups is 1. The minimum Gasteiger partial charge on any atom is -0.335 e. The smallest absolute Gasteiger partial charge is 0.254 e. The van der Waals surface area contributed by atoms with Gasteiger partial charge in [0.05, 0.1) is 21.7 Å². The zero-order chi connectivity index (χ0) is 19.7. The molecule has 1 aliphatic rings. The lowest BCUT2D eigenvalue weighted by atomic mass is 10.2. The van der Waals surface area contributed by atoms with Crippen LogP contribution in [0.3, 0.4) is 0 Å². The molecule has 3 aromatic rings. The van der Waals surface area contributed by atoms with Gasteiger partial charge in [-0.15, -0.1) is 11.3 Å². The fraction of sp³-hybridized carbons (Fsp3) is 0.300. The van der Waals surface area contributed by atoms with Gasteiger partial charge in [0.15, 0.2) is 0 Å². The van der Waals surface area contributed by atoms with Gasteiger partial charge < -0.3 is 4.90 Å². The van der Waals surface area contributed by atoms with Crippen LogP contribution < -0.4 is 0 Å². The highest BCUT2D eigenvalue weighted by Gasteiger charge is 2.28. The van der Waals surface area contributed by atoms with Crippen LogP contribution in [0.5, 0.6) is 0 Å². The topological polar surface area (TPSA) is 70.6 Å². The molecule has 6 nitrogen and oxygen atoms in total. The summed E-state index contributed by atoms with van der Waals surface area (Å²) in [5.74, 6) is -0.224. The molecule has 8 heteroatoms. The molecule has 0 bridgehead atoms. The maximum atomic E-state index is 12.9. The lowest BCUT2D eigenvalue weighted by Gasteiger charge is -2.18. The molecule has 0 unspecified atom stereocenters. The molecule has 1 saturated heterocycles. The molecule has 2 aromatic carbocycles. The van der Waals surface area contributed by atoms with Gasteiger partial charge in [0.2, 0.25) is 10.0 Å². The molecule has 28 heavy (non-hydrogen) atoms. The molecule has 4 rings (SSSR count). The van der Waals surface area contributed by atoms with E-state index >= 15 is 0 Å². The van der Waals surface area contributed by atoms with Crippen LogP contribution in [0, 0.1) is 0 Å². The number of sulfonamides is 1. The van der Waals surface area contributed by atoms with Crippen LogP contribution in [0.1, 0.15) is 28.2 Å². The Morgan fingerprint density at radius 1 is 1.14 bits per heavy atom. The van der Waals surface area contributed by atoms with Crippen molar-refractivity contribution in [2.75, 3.05) is 20.1 Å². The summed E-state index contributed by atoms with van der Waals surface area (Å²) in [5.41, 5.74) is 1.28. The zero-order valence-corrected chi connectivity index (χ0v) is 17.2. The summed E-state index contributed by atoms with van der Waals surface area (Å²) in [6.45, 7) is 1.46. The van der Waals surface area contributed by atoms with Crippen molar-refractivity contribution >= 4 is 37.5 Å². The van der Waals surface area contributed by atoms with E-state index in [1.807, 2.05) is 24.3 Å². The molecular weight excluding hydrogens is 394 g/mol. The Balaban J connectivity index is 1.54. The number of hydrogen-bond donors (Lipinski definition) is 0. The first-order valence-electron chi connectivity index (χ1n) is 9.15. The SMILES string of the molecule is CN(Cc1nc2ccccc2s1)C(=O)c1cccc(S(=O)(=O)N2CCCC2)c1. The zero-order valence-electron chi connectivity index (χ0n) is 15.5. The molecule has 1 aromatic heterocycles. The van der Waals surface area contributed by atoms with Crippen molar-refractivity contribution in [2.24, 2.45) is 0 Å². The van der Waals surface area contributed by atoms with Gasteiger partial charge in [-0.05, 0) is 43.2 Å². The second-order valence-corrected chi connectivity index (χ2v) is 9.93. The normalized spacial score (nSPS) is 15.2. The van der Waals surface area contributed by atoms with E-state index in [9.17, 15) is 13.2 Å². The van der Waals surface area contributed by atoms with E-state index in [2.05, 4.69) is 4.98 Å². The summed E-state index contributed by atoms with van der Waals surface area (Å²) in [7, 11) is -1.84. The standard InChI is InChI=1S/C20H21N3O3S2/c1-22(14-19-21-17-9-2-3-10-18(17)27-19)20(24)15-7-6-8-16(13-15)28(25,26)23-11-4-5-12-23/h2-3,6-10,13H,4-5,11-12,14H2,1H3. The van der Waals surface area contributed by atoms with Gasteiger partial charge in [-0.3, -0.25) is 4.79 Å². The van der Waals surface area contributed by atoms with Gasteiger partial charge >= 0.3 is 0 Å². The number of benzene rings is 2. The monoisotopic (exact) mass is 415 g/mol. The average molecular weight is 416 g/mol. The molecule has 1 aliphatic heterocycles. The lowest BCUT2D eigenvalue weighted by molar-refractivity contribution is 0.0785. The van der Waals surface area contributed by atoms with Crippen LogP contribution in [0.2, 0.25) is 0 Å². The van der Waals surface area contributed by atoms with E-state index in [0.717, 1.165) is 28.1 Å². The Morgan fingerprint density at radius 3 is 2.64 bits per heavy atom. The van der Waals surface area contributed by atoms with Gasteiger partial charge in [-0.2, -0.15) is 4.31 Å². The van der Waals surface area contributed by atoms with Gasteiger partial charge in [0.1, 0.15) is 5.01 Å².